The fourth-order valence-electron chi connectivity index (χ4n) is 3.29. The van der Waals surface area contributed by atoms with Crippen molar-refractivity contribution in [3.63, 3.8) is 0 Å². The van der Waals surface area contributed by atoms with E-state index in [9.17, 15) is 14.0 Å². The van der Waals surface area contributed by atoms with Crippen molar-refractivity contribution in [2.45, 2.75) is 26.8 Å². The Labute approximate surface area is 183 Å². The standard InChI is InChI=1S/C24H21FN4O3/c1-13(2)26-22(30)16-6-10-18(11-7-16)27-23(31)19-12-20(15-4-8-17(25)9-5-15)28-24-21(19)14(3)29-32-24/h4-13H,1-3H3,(H,26,30)(H,27,31). The van der Waals surface area contributed by atoms with Crippen LogP contribution in [0.1, 0.15) is 40.3 Å². The Morgan fingerprint density at radius 2 is 1.69 bits per heavy atom. The molecule has 2 aromatic carbocycles. The highest BCUT2D eigenvalue weighted by molar-refractivity contribution is 6.13. The number of amides is 2. The van der Waals surface area contributed by atoms with Crippen LogP contribution in [0.5, 0.6) is 0 Å². The molecular formula is C24H21FN4O3. The summed E-state index contributed by atoms with van der Waals surface area (Å²) in [5.74, 6) is -0.932. The minimum absolute atomic E-state index is 0.0260. The lowest BCUT2D eigenvalue weighted by Crippen LogP contribution is -2.30. The highest BCUT2D eigenvalue weighted by Gasteiger charge is 2.20. The fraction of sp³-hybridized carbons (Fsp3) is 0.167. The number of carbonyl (C=O) groups is 2. The summed E-state index contributed by atoms with van der Waals surface area (Å²) in [7, 11) is 0. The number of carbonyl (C=O) groups excluding carboxylic acids is 2. The van der Waals surface area contributed by atoms with E-state index in [1.165, 1.54) is 12.1 Å². The molecule has 0 aliphatic carbocycles. The SMILES string of the molecule is Cc1noc2nc(-c3ccc(F)cc3)cc(C(=O)Nc3ccc(C(=O)NC(C)C)cc3)c12. The van der Waals surface area contributed by atoms with E-state index in [0.717, 1.165) is 0 Å². The van der Waals surface area contributed by atoms with Gasteiger partial charge >= 0.3 is 0 Å². The maximum atomic E-state index is 13.3. The minimum atomic E-state index is -0.383. The number of aromatic nitrogens is 2. The first kappa shape index (κ1) is 21.2. The molecule has 8 heteroatoms. The van der Waals surface area contributed by atoms with E-state index in [-0.39, 0.29) is 29.4 Å². The van der Waals surface area contributed by atoms with Crippen LogP contribution in [0.15, 0.2) is 59.1 Å². The third-order valence-corrected chi connectivity index (χ3v) is 4.83. The summed E-state index contributed by atoms with van der Waals surface area (Å²) in [6.45, 7) is 5.49. The van der Waals surface area contributed by atoms with Gasteiger partial charge in [-0.25, -0.2) is 9.37 Å². The smallest absolute Gasteiger partial charge is 0.259 e. The fourth-order valence-corrected chi connectivity index (χ4v) is 3.29. The maximum Gasteiger partial charge on any atom is 0.259 e. The first-order chi connectivity index (χ1) is 15.3. The van der Waals surface area contributed by atoms with Crippen LogP contribution in [0.3, 0.4) is 0 Å². The van der Waals surface area contributed by atoms with E-state index in [1.807, 2.05) is 13.8 Å². The average molecular weight is 432 g/mol. The largest absolute Gasteiger partial charge is 0.350 e. The van der Waals surface area contributed by atoms with Crippen LogP contribution in [-0.2, 0) is 0 Å². The van der Waals surface area contributed by atoms with Crippen molar-refractivity contribution in [3.05, 3.63) is 77.2 Å². The van der Waals surface area contributed by atoms with E-state index in [4.69, 9.17) is 4.52 Å². The van der Waals surface area contributed by atoms with Gasteiger partial charge in [-0.3, -0.25) is 9.59 Å². The van der Waals surface area contributed by atoms with Gasteiger partial charge in [0.05, 0.1) is 22.3 Å². The Balaban J connectivity index is 1.65. The molecule has 2 aromatic heterocycles. The van der Waals surface area contributed by atoms with Crippen LogP contribution in [0, 0.1) is 12.7 Å². The zero-order chi connectivity index (χ0) is 22.8. The molecule has 162 valence electrons. The van der Waals surface area contributed by atoms with Gasteiger partial charge in [-0.1, -0.05) is 5.16 Å². The molecule has 2 amide bonds. The molecule has 0 bridgehead atoms. The number of hydrogen-bond donors (Lipinski definition) is 2. The van der Waals surface area contributed by atoms with Gasteiger partial charge in [0.1, 0.15) is 5.82 Å². The summed E-state index contributed by atoms with van der Waals surface area (Å²) in [4.78, 5) is 29.7. The summed E-state index contributed by atoms with van der Waals surface area (Å²) in [6.07, 6.45) is 0. The second-order valence-electron chi connectivity index (χ2n) is 7.67. The Morgan fingerprint density at radius 1 is 1.00 bits per heavy atom. The summed E-state index contributed by atoms with van der Waals surface area (Å²) < 4.78 is 18.6. The lowest BCUT2D eigenvalue weighted by Gasteiger charge is -2.10. The number of anilines is 1. The normalized spacial score (nSPS) is 11.0. The van der Waals surface area contributed by atoms with Gasteiger partial charge in [0.25, 0.3) is 17.5 Å². The predicted molar refractivity (Wildman–Crippen MR) is 119 cm³/mol. The molecule has 0 saturated heterocycles. The van der Waals surface area contributed by atoms with Crippen molar-refractivity contribution in [3.8, 4) is 11.3 Å². The topological polar surface area (TPSA) is 97.1 Å². The van der Waals surface area contributed by atoms with Crippen LogP contribution in [0.4, 0.5) is 10.1 Å². The number of halogens is 1. The van der Waals surface area contributed by atoms with E-state index >= 15 is 0 Å². The van der Waals surface area contributed by atoms with Gasteiger partial charge in [-0.15, -0.1) is 0 Å². The van der Waals surface area contributed by atoms with Crippen molar-refractivity contribution in [2.24, 2.45) is 0 Å². The van der Waals surface area contributed by atoms with Crippen molar-refractivity contribution < 1.29 is 18.5 Å². The highest BCUT2D eigenvalue weighted by Crippen LogP contribution is 2.28. The number of nitrogens with zero attached hydrogens (tertiary/aromatic N) is 2. The molecule has 7 nitrogen and oxygen atoms in total. The van der Waals surface area contributed by atoms with E-state index in [1.54, 1.807) is 49.4 Å². The zero-order valence-electron chi connectivity index (χ0n) is 17.8. The molecule has 0 aliphatic rings. The molecule has 2 heterocycles. The van der Waals surface area contributed by atoms with E-state index in [0.29, 0.717) is 39.2 Å². The lowest BCUT2D eigenvalue weighted by molar-refractivity contribution is 0.0942. The molecule has 0 aliphatic heterocycles. The van der Waals surface area contributed by atoms with Crippen molar-refractivity contribution in [1.29, 1.82) is 0 Å². The molecule has 0 atom stereocenters. The van der Waals surface area contributed by atoms with Gasteiger partial charge in [-0.05, 0) is 75.4 Å². The van der Waals surface area contributed by atoms with E-state index in [2.05, 4.69) is 20.8 Å². The Hall–Kier alpha value is -4.07. The average Bonchev–Trinajstić information content (AvgIpc) is 3.14. The number of pyridine rings is 1. The number of aryl methyl sites for hydroxylation is 1. The van der Waals surface area contributed by atoms with Crippen molar-refractivity contribution in [2.75, 3.05) is 5.32 Å². The lowest BCUT2D eigenvalue weighted by atomic mass is 10.0. The van der Waals surface area contributed by atoms with Gasteiger partial charge in [0, 0.05) is 22.9 Å². The number of fused-ring (bicyclic) bond motifs is 1. The van der Waals surface area contributed by atoms with Gasteiger partial charge in [0.2, 0.25) is 0 Å². The number of rotatable bonds is 5. The van der Waals surface area contributed by atoms with Gasteiger partial charge < -0.3 is 15.2 Å². The van der Waals surface area contributed by atoms with Crippen LogP contribution >= 0.6 is 0 Å². The van der Waals surface area contributed by atoms with Gasteiger partial charge in [-0.2, -0.15) is 0 Å². The summed E-state index contributed by atoms with van der Waals surface area (Å²) in [5.41, 5.74) is 3.19. The number of nitrogens with one attached hydrogen (secondary N) is 2. The zero-order valence-corrected chi connectivity index (χ0v) is 17.8. The third kappa shape index (κ3) is 4.34. The van der Waals surface area contributed by atoms with Crippen LogP contribution in [-0.4, -0.2) is 28.0 Å². The highest BCUT2D eigenvalue weighted by atomic mass is 19.1. The molecule has 32 heavy (non-hydrogen) atoms. The molecule has 2 N–H and O–H groups in total. The summed E-state index contributed by atoms with van der Waals surface area (Å²) >= 11 is 0. The van der Waals surface area contributed by atoms with Crippen LogP contribution in [0.2, 0.25) is 0 Å². The molecule has 4 aromatic rings. The first-order valence-electron chi connectivity index (χ1n) is 10.1. The second-order valence-corrected chi connectivity index (χ2v) is 7.67. The minimum Gasteiger partial charge on any atom is -0.350 e. The van der Waals surface area contributed by atoms with Crippen LogP contribution in [0.25, 0.3) is 22.4 Å². The number of hydrogen-bond acceptors (Lipinski definition) is 5. The molecule has 0 unspecified atom stereocenters. The van der Waals surface area contributed by atoms with E-state index < -0.39 is 0 Å². The summed E-state index contributed by atoms with van der Waals surface area (Å²) in [5, 5.41) is 10.1. The third-order valence-electron chi connectivity index (χ3n) is 4.83. The molecule has 0 radical (unpaired) electrons. The molecular weight excluding hydrogens is 411 g/mol. The quantitative estimate of drug-likeness (QED) is 0.475. The van der Waals surface area contributed by atoms with Gasteiger partial charge in [0.15, 0.2) is 0 Å². The predicted octanol–water partition coefficient (Wildman–Crippen LogP) is 4.73. The molecule has 0 fully saturated rings. The van der Waals surface area contributed by atoms with Crippen LogP contribution < -0.4 is 10.6 Å². The number of benzene rings is 2. The summed E-state index contributed by atoms with van der Waals surface area (Å²) in [6, 6.07) is 14.1. The van der Waals surface area contributed by atoms with Crippen molar-refractivity contribution >= 4 is 28.6 Å². The Morgan fingerprint density at radius 3 is 2.34 bits per heavy atom. The second kappa shape index (κ2) is 8.58. The Kier molecular flexibility index (Phi) is 5.68. The first-order valence-corrected chi connectivity index (χ1v) is 10.1. The monoisotopic (exact) mass is 432 g/mol. The molecule has 0 spiro atoms. The molecule has 4 rings (SSSR count). The van der Waals surface area contributed by atoms with Crippen molar-refractivity contribution in [1.82, 2.24) is 15.5 Å². The Bertz CT molecular complexity index is 1300. The molecule has 0 saturated carbocycles. The maximum absolute atomic E-state index is 13.3.